The first-order valence-electron chi connectivity index (χ1n) is 5.49. The minimum atomic E-state index is -0.288. The Balaban J connectivity index is 1.90. The van der Waals surface area contributed by atoms with Crippen LogP contribution in [0.4, 0.5) is 4.39 Å². The van der Waals surface area contributed by atoms with Crippen LogP contribution in [-0.4, -0.2) is 23.0 Å². The first kappa shape index (κ1) is 11.0. The summed E-state index contributed by atoms with van der Waals surface area (Å²) in [5, 5.41) is 8.78. The molecule has 1 aliphatic heterocycles. The van der Waals surface area contributed by atoms with Gasteiger partial charge in [0.1, 0.15) is 5.82 Å². The van der Waals surface area contributed by atoms with Crippen molar-refractivity contribution in [1.82, 2.24) is 9.88 Å². The van der Waals surface area contributed by atoms with Crippen molar-refractivity contribution in [3.8, 4) is 6.07 Å². The number of piperidine rings is 1. The van der Waals surface area contributed by atoms with Gasteiger partial charge in [0.05, 0.1) is 12.3 Å². The topological polar surface area (TPSA) is 39.9 Å². The quantitative estimate of drug-likeness (QED) is 0.763. The highest BCUT2D eigenvalue weighted by Crippen LogP contribution is 2.17. The van der Waals surface area contributed by atoms with Gasteiger partial charge in [0.2, 0.25) is 0 Å². The van der Waals surface area contributed by atoms with E-state index in [2.05, 4.69) is 16.0 Å². The molecule has 1 fully saturated rings. The van der Waals surface area contributed by atoms with Crippen molar-refractivity contribution < 1.29 is 4.39 Å². The van der Waals surface area contributed by atoms with E-state index in [4.69, 9.17) is 5.26 Å². The van der Waals surface area contributed by atoms with Crippen molar-refractivity contribution in [3.05, 3.63) is 29.8 Å². The van der Waals surface area contributed by atoms with Crippen molar-refractivity contribution in [3.63, 3.8) is 0 Å². The molecule has 0 radical (unpaired) electrons. The summed E-state index contributed by atoms with van der Waals surface area (Å²) in [6, 6.07) is 3.82. The second-order valence-electron chi connectivity index (χ2n) is 4.19. The van der Waals surface area contributed by atoms with E-state index in [1.807, 2.05) is 0 Å². The lowest BCUT2D eigenvalue weighted by Crippen LogP contribution is -2.32. The zero-order valence-electron chi connectivity index (χ0n) is 9.06. The fourth-order valence-corrected chi connectivity index (χ4v) is 2.02. The highest BCUT2D eigenvalue weighted by molar-refractivity contribution is 5.10. The molecule has 0 aliphatic carbocycles. The molecule has 3 nitrogen and oxygen atoms in total. The maximum atomic E-state index is 12.9. The van der Waals surface area contributed by atoms with Gasteiger partial charge in [-0.15, -0.1) is 0 Å². The lowest BCUT2D eigenvalue weighted by atomic mass is 9.98. The predicted molar refractivity (Wildman–Crippen MR) is 57.8 cm³/mol. The second kappa shape index (κ2) is 5.04. The number of aromatic nitrogens is 1. The Labute approximate surface area is 94.5 Å². The number of hydrogen-bond acceptors (Lipinski definition) is 3. The Morgan fingerprint density at radius 2 is 2.19 bits per heavy atom. The number of hydrogen-bond donors (Lipinski definition) is 0. The molecule has 0 N–H and O–H groups in total. The van der Waals surface area contributed by atoms with E-state index in [9.17, 15) is 4.39 Å². The zero-order valence-corrected chi connectivity index (χ0v) is 9.06. The smallest absolute Gasteiger partial charge is 0.141 e. The Morgan fingerprint density at radius 3 is 2.81 bits per heavy atom. The van der Waals surface area contributed by atoms with Gasteiger partial charge in [0.15, 0.2) is 0 Å². The number of nitriles is 1. The summed E-state index contributed by atoms with van der Waals surface area (Å²) in [4.78, 5) is 6.07. The molecule has 1 aromatic rings. The van der Waals surface area contributed by atoms with Gasteiger partial charge >= 0.3 is 0 Å². The van der Waals surface area contributed by atoms with Gasteiger partial charge in [-0.3, -0.25) is 9.88 Å². The van der Waals surface area contributed by atoms with Crippen LogP contribution < -0.4 is 0 Å². The molecule has 0 unspecified atom stereocenters. The van der Waals surface area contributed by atoms with Gasteiger partial charge in [0.25, 0.3) is 0 Å². The van der Waals surface area contributed by atoms with Crippen LogP contribution in [0, 0.1) is 23.1 Å². The lowest BCUT2D eigenvalue weighted by Gasteiger charge is -2.28. The van der Waals surface area contributed by atoms with Gasteiger partial charge in [0, 0.05) is 18.7 Å². The molecule has 2 rings (SSSR count). The molecule has 0 amide bonds. The summed E-state index contributed by atoms with van der Waals surface area (Å²) in [6.45, 7) is 2.55. The zero-order chi connectivity index (χ0) is 11.4. The largest absolute Gasteiger partial charge is 0.299 e. The van der Waals surface area contributed by atoms with Crippen LogP contribution in [0.2, 0.25) is 0 Å². The molecule has 4 heteroatoms. The van der Waals surface area contributed by atoms with Crippen LogP contribution in [0.5, 0.6) is 0 Å². The van der Waals surface area contributed by atoms with E-state index >= 15 is 0 Å². The average molecular weight is 219 g/mol. The fourth-order valence-electron chi connectivity index (χ4n) is 2.02. The molecule has 84 valence electrons. The van der Waals surface area contributed by atoms with E-state index in [1.54, 1.807) is 6.20 Å². The van der Waals surface area contributed by atoms with Crippen LogP contribution >= 0.6 is 0 Å². The van der Waals surface area contributed by atoms with Crippen LogP contribution in [0.3, 0.4) is 0 Å². The highest BCUT2D eigenvalue weighted by atomic mass is 19.1. The number of likely N-dealkylation sites (tertiary alicyclic amines) is 1. The van der Waals surface area contributed by atoms with Gasteiger partial charge in [-0.05, 0) is 37.6 Å². The van der Waals surface area contributed by atoms with Gasteiger partial charge in [-0.25, -0.2) is 4.39 Å². The summed E-state index contributed by atoms with van der Waals surface area (Å²) in [5.74, 6) is -0.0914. The van der Waals surface area contributed by atoms with Crippen molar-refractivity contribution in [1.29, 1.82) is 5.26 Å². The first-order chi connectivity index (χ1) is 7.78. The molecule has 0 atom stereocenters. The van der Waals surface area contributed by atoms with Crippen molar-refractivity contribution >= 4 is 0 Å². The Bertz CT molecular complexity index is 391. The molecular weight excluding hydrogens is 205 g/mol. The molecule has 0 spiro atoms. The molecule has 2 heterocycles. The fraction of sp³-hybridized carbons (Fsp3) is 0.500. The summed E-state index contributed by atoms with van der Waals surface area (Å²) >= 11 is 0. The van der Waals surface area contributed by atoms with Gasteiger partial charge in [-0.2, -0.15) is 5.26 Å². The number of rotatable bonds is 2. The highest BCUT2D eigenvalue weighted by Gasteiger charge is 2.18. The maximum Gasteiger partial charge on any atom is 0.141 e. The Morgan fingerprint density at radius 1 is 1.44 bits per heavy atom. The van der Waals surface area contributed by atoms with E-state index < -0.39 is 0 Å². The standard InChI is InChI=1S/C12H14FN3/c13-12-5-11(7-15-8-12)9-16-3-1-10(6-14)2-4-16/h5,7-8,10H,1-4,9H2. The normalized spacial score (nSPS) is 18.2. The SMILES string of the molecule is N#CC1CCN(Cc2cncc(F)c2)CC1. The van der Waals surface area contributed by atoms with Crippen LogP contribution in [0.1, 0.15) is 18.4 Å². The van der Waals surface area contributed by atoms with Crippen LogP contribution in [0.25, 0.3) is 0 Å². The van der Waals surface area contributed by atoms with E-state index in [1.165, 1.54) is 12.3 Å². The van der Waals surface area contributed by atoms with Gasteiger partial charge < -0.3 is 0 Å². The van der Waals surface area contributed by atoms with Crippen molar-refractivity contribution in [2.75, 3.05) is 13.1 Å². The third-order valence-corrected chi connectivity index (χ3v) is 2.94. The van der Waals surface area contributed by atoms with Crippen LogP contribution in [-0.2, 0) is 6.54 Å². The molecule has 0 bridgehead atoms. The van der Waals surface area contributed by atoms with Gasteiger partial charge in [-0.1, -0.05) is 0 Å². The number of nitrogens with zero attached hydrogens (tertiary/aromatic N) is 3. The molecule has 1 aliphatic rings. The first-order valence-corrected chi connectivity index (χ1v) is 5.49. The summed E-state index contributed by atoms with van der Waals surface area (Å²) in [5.41, 5.74) is 0.899. The third kappa shape index (κ3) is 2.77. The van der Waals surface area contributed by atoms with Crippen molar-refractivity contribution in [2.24, 2.45) is 5.92 Å². The van der Waals surface area contributed by atoms with Crippen LogP contribution in [0.15, 0.2) is 18.5 Å². The molecule has 0 aromatic carbocycles. The molecular formula is C12H14FN3. The van der Waals surface area contributed by atoms with E-state index in [-0.39, 0.29) is 11.7 Å². The summed E-state index contributed by atoms with van der Waals surface area (Å²) in [6.07, 6.45) is 4.74. The Kier molecular flexibility index (Phi) is 3.47. The summed E-state index contributed by atoms with van der Waals surface area (Å²) < 4.78 is 12.9. The molecule has 16 heavy (non-hydrogen) atoms. The predicted octanol–water partition coefficient (Wildman–Crippen LogP) is 1.96. The molecule has 1 aromatic heterocycles. The van der Waals surface area contributed by atoms with E-state index in [0.717, 1.165) is 38.0 Å². The second-order valence-corrected chi connectivity index (χ2v) is 4.19. The maximum absolute atomic E-state index is 12.9. The monoisotopic (exact) mass is 219 g/mol. The average Bonchev–Trinajstić information content (AvgIpc) is 2.30. The van der Waals surface area contributed by atoms with Crippen molar-refractivity contribution in [2.45, 2.75) is 19.4 Å². The Hall–Kier alpha value is -1.47. The number of pyridine rings is 1. The minimum Gasteiger partial charge on any atom is -0.299 e. The minimum absolute atomic E-state index is 0.196. The number of halogens is 1. The third-order valence-electron chi connectivity index (χ3n) is 2.94. The summed E-state index contributed by atoms with van der Waals surface area (Å²) in [7, 11) is 0. The molecule has 0 saturated carbocycles. The molecule has 1 saturated heterocycles. The lowest BCUT2D eigenvalue weighted by molar-refractivity contribution is 0.198. The van der Waals surface area contributed by atoms with E-state index in [0.29, 0.717) is 0 Å².